The molecule has 98 valence electrons. The van der Waals surface area contributed by atoms with Crippen LogP contribution >= 0.6 is 0 Å². The molecule has 0 aliphatic carbocycles. The second kappa shape index (κ2) is 4.91. The Kier molecular flexibility index (Phi) is 3.97. The van der Waals surface area contributed by atoms with Crippen molar-refractivity contribution >= 4 is 11.9 Å². The lowest BCUT2D eigenvalue weighted by Gasteiger charge is -2.16. The summed E-state index contributed by atoms with van der Waals surface area (Å²) >= 11 is 0. The van der Waals surface area contributed by atoms with E-state index in [-0.39, 0.29) is 11.3 Å². The van der Waals surface area contributed by atoms with Gasteiger partial charge in [-0.15, -0.1) is 0 Å². The summed E-state index contributed by atoms with van der Waals surface area (Å²) in [5.41, 5.74) is -0.0139. The summed E-state index contributed by atoms with van der Waals surface area (Å²) in [6, 6.07) is 0. The normalized spacial score (nSPS) is 27.6. The third kappa shape index (κ3) is 3.32. The van der Waals surface area contributed by atoms with Crippen LogP contribution in [0.1, 0.15) is 12.8 Å². The molecular formula is C9H13F3N2O3. The van der Waals surface area contributed by atoms with Gasteiger partial charge < -0.3 is 15.7 Å². The second-order valence-corrected chi connectivity index (χ2v) is 4.02. The molecule has 1 atom stereocenters. The molecule has 0 radical (unpaired) electrons. The van der Waals surface area contributed by atoms with Crippen molar-refractivity contribution in [2.45, 2.75) is 19.0 Å². The molecular weight excluding hydrogens is 241 g/mol. The number of carboxylic acids is 1. The van der Waals surface area contributed by atoms with Gasteiger partial charge in [0.2, 0.25) is 5.91 Å². The van der Waals surface area contributed by atoms with Crippen LogP contribution in [0.3, 0.4) is 0 Å². The van der Waals surface area contributed by atoms with E-state index in [2.05, 4.69) is 10.6 Å². The van der Waals surface area contributed by atoms with Gasteiger partial charge in [0.05, 0.1) is 5.41 Å². The predicted octanol–water partition coefficient (Wildman–Crippen LogP) is 0.119. The second-order valence-electron chi connectivity index (χ2n) is 4.02. The summed E-state index contributed by atoms with van der Waals surface area (Å²) in [4.78, 5) is 20.1. The molecule has 1 amide bonds. The molecule has 2 aliphatic rings. The van der Waals surface area contributed by atoms with E-state index in [0.717, 1.165) is 32.5 Å². The first-order chi connectivity index (χ1) is 7.78. The predicted molar refractivity (Wildman–Crippen MR) is 51.2 cm³/mol. The average Bonchev–Trinajstić information content (AvgIpc) is 2.79. The number of halogens is 3. The maximum absolute atomic E-state index is 11.2. The number of carbonyl (C=O) groups is 2. The summed E-state index contributed by atoms with van der Waals surface area (Å²) in [5.74, 6) is -2.50. The van der Waals surface area contributed by atoms with Crippen molar-refractivity contribution in [3.63, 3.8) is 0 Å². The minimum Gasteiger partial charge on any atom is -0.475 e. The fourth-order valence-corrected chi connectivity index (χ4v) is 1.87. The first-order valence-corrected chi connectivity index (χ1v) is 5.07. The van der Waals surface area contributed by atoms with Crippen LogP contribution < -0.4 is 10.6 Å². The van der Waals surface area contributed by atoms with Crippen molar-refractivity contribution in [3.8, 4) is 0 Å². The van der Waals surface area contributed by atoms with Crippen LogP contribution in [0.15, 0.2) is 0 Å². The van der Waals surface area contributed by atoms with Gasteiger partial charge in [0, 0.05) is 13.1 Å². The van der Waals surface area contributed by atoms with E-state index in [1.54, 1.807) is 0 Å². The molecule has 1 spiro atoms. The van der Waals surface area contributed by atoms with Crippen LogP contribution in [0.25, 0.3) is 0 Å². The van der Waals surface area contributed by atoms with E-state index in [1.807, 2.05) is 0 Å². The van der Waals surface area contributed by atoms with Gasteiger partial charge in [-0.05, 0) is 19.4 Å². The highest BCUT2D eigenvalue weighted by Gasteiger charge is 2.44. The molecule has 8 heteroatoms. The van der Waals surface area contributed by atoms with E-state index >= 15 is 0 Å². The van der Waals surface area contributed by atoms with E-state index in [4.69, 9.17) is 9.90 Å². The molecule has 0 bridgehead atoms. The zero-order valence-electron chi connectivity index (χ0n) is 8.93. The van der Waals surface area contributed by atoms with Crippen LogP contribution in [0.2, 0.25) is 0 Å². The van der Waals surface area contributed by atoms with Gasteiger partial charge in [0.15, 0.2) is 0 Å². The van der Waals surface area contributed by atoms with E-state index in [9.17, 15) is 18.0 Å². The maximum atomic E-state index is 11.2. The number of carbonyl (C=O) groups excluding carboxylic acids is 1. The highest BCUT2D eigenvalue weighted by molar-refractivity contribution is 5.85. The Labute approximate surface area is 95.4 Å². The molecule has 0 saturated carbocycles. The Morgan fingerprint density at radius 2 is 1.82 bits per heavy atom. The Morgan fingerprint density at radius 1 is 1.29 bits per heavy atom. The van der Waals surface area contributed by atoms with Crippen molar-refractivity contribution in [2.24, 2.45) is 5.41 Å². The molecule has 2 rings (SSSR count). The number of alkyl halides is 3. The molecule has 2 heterocycles. The van der Waals surface area contributed by atoms with Crippen LogP contribution in [0.5, 0.6) is 0 Å². The number of amides is 1. The van der Waals surface area contributed by atoms with Gasteiger partial charge in [-0.25, -0.2) is 4.79 Å². The maximum Gasteiger partial charge on any atom is 0.490 e. The fourth-order valence-electron chi connectivity index (χ4n) is 1.87. The molecule has 1 unspecified atom stereocenters. The van der Waals surface area contributed by atoms with Gasteiger partial charge in [-0.3, -0.25) is 4.79 Å². The molecule has 3 N–H and O–H groups in total. The van der Waals surface area contributed by atoms with Gasteiger partial charge in [0.25, 0.3) is 0 Å². The topological polar surface area (TPSA) is 78.4 Å². The number of rotatable bonds is 0. The highest BCUT2D eigenvalue weighted by atomic mass is 19.4. The Balaban J connectivity index is 0.000000185. The van der Waals surface area contributed by atoms with E-state index < -0.39 is 12.1 Å². The standard InChI is InChI=1S/C7H12N2O.C2HF3O2/c10-6-7(2-4-9-6)1-3-8-5-7;3-2(4,5)1(6)7/h8H,1-5H2,(H,9,10);(H,6,7). The molecule has 2 aliphatic heterocycles. The monoisotopic (exact) mass is 254 g/mol. The fraction of sp³-hybridized carbons (Fsp3) is 0.778. The molecule has 17 heavy (non-hydrogen) atoms. The summed E-state index contributed by atoms with van der Waals surface area (Å²) in [6.07, 6.45) is -3.03. The first-order valence-electron chi connectivity index (χ1n) is 5.07. The molecule has 2 saturated heterocycles. The number of nitrogens with one attached hydrogen (secondary N) is 2. The molecule has 0 aromatic rings. The van der Waals surface area contributed by atoms with E-state index in [0.29, 0.717) is 0 Å². The molecule has 5 nitrogen and oxygen atoms in total. The lowest BCUT2D eigenvalue weighted by Crippen LogP contribution is -2.32. The lowest BCUT2D eigenvalue weighted by molar-refractivity contribution is -0.192. The zero-order valence-corrected chi connectivity index (χ0v) is 8.93. The minimum absolute atomic E-state index is 0.0139. The third-order valence-corrected chi connectivity index (χ3v) is 2.86. The van der Waals surface area contributed by atoms with Crippen molar-refractivity contribution in [3.05, 3.63) is 0 Å². The summed E-state index contributed by atoms with van der Waals surface area (Å²) < 4.78 is 31.7. The quantitative estimate of drug-likeness (QED) is 0.573. The highest BCUT2D eigenvalue weighted by Crippen LogP contribution is 2.32. The van der Waals surface area contributed by atoms with Crippen molar-refractivity contribution < 1.29 is 27.9 Å². The first kappa shape index (κ1) is 13.8. The van der Waals surface area contributed by atoms with Crippen LogP contribution in [-0.4, -0.2) is 42.8 Å². The Hall–Kier alpha value is -1.31. The largest absolute Gasteiger partial charge is 0.490 e. The van der Waals surface area contributed by atoms with Crippen molar-refractivity contribution in [1.29, 1.82) is 0 Å². The summed E-state index contributed by atoms with van der Waals surface area (Å²) in [5, 5.41) is 13.2. The minimum atomic E-state index is -5.08. The van der Waals surface area contributed by atoms with Crippen molar-refractivity contribution in [1.82, 2.24) is 10.6 Å². The zero-order chi connectivity index (χ0) is 13.1. The summed E-state index contributed by atoms with van der Waals surface area (Å²) in [7, 11) is 0. The average molecular weight is 254 g/mol. The van der Waals surface area contributed by atoms with Crippen LogP contribution in [-0.2, 0) is 9.59 Å². The molecule has 0 aromatic carbocycles. The number of aliphatic carboxylic acids is 1. The van der Waals surface area contributed by atoms with Gasteiger partial charge in [-0.2, -0.15) is 13.2 Å². The Bertz CT molecular complexity index is 306. The van der Waals surface area contributed by atoms with Crippen LogP contribution in [0.4, 0.5) is 13.2 Å². The van der Waals surface area contributed by atoms with Crippen LogP contribution in [0, 0.1) is 5.41 Å². The summed E-state index contributed by atoms with van der Waals surface area (Å²) in [6.45, 7) is 2.77. The molecule has 2 fully saturated rings. The number of hydrogen-bond acceptors (Lipinski definition) is 3. The third-order valence-electron chi connectivity index (χ3n) is 2.86. The SMILES string of the molecule is O=C(O)C(F)(F)F.O=C1NCCC12CCNC2. The van der Waals surface area contributed by atoms with Gasteiger partial charge >= 0.3 is 12.1 Å². The number of hydrogen-bond donors (Lipinski definition) is 3. The number of carboxylic acid groups (broad SMARTS) is 1. The lowest BCUT2D eigenvalue weighted by atomic mass is 9.86. The van der Waals surface area contributed by atoms with E-state index in [1.165, 1.54) is 0 Å². The van der Waals surface area contributed by atoms with Crippen molar-refractivity contribution in [2.75, 3.05) is 19.6 Å². The smallest absolute Gasteiger partial charge is 0.475 e. The van der Waals surface area contributed by atoms with Gasteiger partial charge in [-0.1, -0.05) is 0 Å². The Morgan fingerprint density at radius 3 is 2.12 bits per heavy atom. The molecule has 0 aromatic heterocycles. The van der Waals surface area contributed by atoms with Gasteiger partial charge in [0.1, 0.15) is 0 Å².